The molecule has 2 heterocycles. The molecular weight excluding hydrogens is 503 g/mol. The molecule has 34 heavy (non-hydrogen) atoms. The number of anilines is 1. The van der Waals surface area contributed by atoms with E-state index in [1.807, 2.05) is 9.47 Å². The molecule has 0 bridgehead atoms. The van der Waals surface area contributed by atoms with Gasteiger partial charge in [-0.05, 0) is 37.8 Å². The molecule has 9 nitrogen and oxygen atoms in total. The molecule has 5 N–H and O–H groups in total. The van der Waals surface area contributed by atoms with E-state index in [2.05, 4.69) is 5.32 Å². The first-order valence-corrected chi connectivity index (χ1v) is 14.7. The van der Waals surface area contributed by atoms with Gasteiger partial charge < -0.3 is 34.4 Å². The molecule has 2 aromatic rings. The molecule has 1 saturated heterocycles. The minimum absolute atomic E-state index is 0.00610. The highest BCUT2D eigenvalue weighted by Gasteiger charge is 2.29. The van der Waals surface area contributed by atoms with Crippen LogP contribution in [0.3, 0.4) is 0 Å². The summed E-state index contributed by atoms with van der Waals surface area (Å²) < 4.78 is 17.0. The summed E-state index contributed by atoms with van der Waals surface area (Å²) in [4.78, 5) is 65.1. The third-order valence-corrected chi connectivity index (χ3v) is 9.89. The molecule has 1 aliphatic heterocycles. The lowest BCUT2D eigenvalue weighted by molar-refractivity contribution is 0.108. The second-order valence-corrected chi connectivity index (χ2v) is 12.5. The Labute approximate surface area is 202 Å². The van der Waals surface area contributed by atoms with Crippen molar-refractivity contribution in [3.05, 3.63) is 39.9 Å². The van der Waals surface area contributed by atoms with E-state index in [9.17, 15) is 29.2 Å². The number of nitrogens with one attached hydrogen (secondary N) is 1. The van der Waals surface area contributed by atoms with Crippen molar-refractivity contribution in [2.45, 2.75) is 37.1 Å². The number of halogens is 1. The lowest BCUT2D eigenvalue weighted by atomic mass is 10.1. The second-order valence-electron chi connectivity index (χ2n) is 8.47. The van der Waals surface area contributed by atoms with E-state index in [4.69, 9.17) is 0 Å². The Morgan fingerprint density at radius 1 is 1.18 bits per heavy atom. The third-order valence-electron chi connectivity index (χ3n) is 6.09. The van der Waals surface area contributed by atoms with Crippen LogP contribution in [0.2, 0.25) is 0 Å². The Balaban J connectivity index is 1.57. The Hall–Kier alpha value is -1.16. The summed E-state index contributed by atoms with van der Waals surface area (Å²) in [7, 11) is -4.96. The molecular formula is C21H28FN3O6P2S. The second kappa shape index (κ2) is 11.3. The number of hydrogen-bond acceptors (Lipinski definition) is 9. The first kappa shape index (κ1) is 25.9. The monoisotopic (exact) mass is 531 g/mol. The number of thioether (sulfide) groups is 1. The van der Waals surface area contributed by atoms with Crippen molar-refractivity contribution in [3.63, 3.8) is 0 Å². The van der Waals surface area contributed by atoms with Crippen molar-refractivity contribution in [2.75, 3.05) is 36.8 Å². The highest BCUT2D eigenvalue weighted by Crippen LogP contribution is 2.51. The number of pyridine rings is 1. The molecule has 4 rings (SSSR count). The summed E-state index contributed by atoms with van der Waals surface area (Å²) in [6.07, 6.45) is 3.92. The quantitative estimate of drug-likeness (QED) is 0.244. The lowest BCUT2D eigenvalue weighted by Gasteiger charge is -2.30. The molecule has 2 fully saturated rings. The zero-order valence-electron chi connectivity index (χ0n) is 18.4. The molecule has 13 heteroatoms. The maximum Gasteiger partial charge on any atom is 0.224 e. The predicted molar refractivity (Wildman–Crippen MR) is 134 cm³/mol. The van der Waals surface area contributed by atoms with Gasteiger partial charge in [0.05, 0.1) is 22.2 Å². The van der Waals surface area contributed by atoms with Crippen molar-refractivity contribution in [2.24, 2.45) is 0 Å². The number of nitrogens with zero attached hydrogens (tertiary/aromatic N) is 2. The molecule has 0 unspecified atom stereocenters. The van der Waals surface area contributed by atoms with E-state index in [0.717, 1.165) is 37.7 Å². The number of aromatic nitrogens is 1. The molecule has 0 atom stereocenters. The highest BCUT2D eigenvalue weighted by atomic mass is 32.2. The number of piperazine rings is 1. The first-order chi connectivity index (χ1) is 16.3. The van der Waals surface area contributed by atoms with Gasteiger partial charge in [-0.15, -0.1) is 0 Å². The summed E-state index contributed by atoms with van der Waals surface area (Å²) in [5.41, 5.74) is 0.585. The summed E-state index contributed by atoms with van der Waals surface area (Å²) >= 11 is 0.915. The van der Waals surface area contributed by atoms with Gasteiger partial charge in [0.2, 0.25) is 10.5 Å². The van der Waals surface area contributed by atoms with E-state index < -0.39 is 38.5 Å². The molecule has 1 aliphatic carbocycles. The van der Waals surface area contributed by atoms with Crippen LogP contribution in [0.5, 0.6) is 0 Å². The van der Waals surface area contributed by atoms with Crippen LogP contribution in [-0.4, -0.2) is 66.6 Å². The van der Waals surface area contributed by atoms with Gasteiger partial charge in [-0.25, -0.2) is 4.39 Å². The maximum atomic E-state index is 15.0. The van der Waals surface area contributed by atoms with E-state index in [1.54, 1.807) is 12.3 Å². The number of fused-ring (bicyclic) bond motifs is 1. The fourth-order valence-corrected chi connectivity index (χ4v) is 6.50. The average molecular weight is 531 g/mol. The van der Waals surface area contributed by atoms with Crippen molar-refractivity contribution in [1.29, 1.82) is 0 Å². The number of carbonyl (C=O) groups excluding carboxylic acids is 1. The van der Waals surface area contributed by atoms with Gasteiger partial charge in [0.1, 0.15) is 5.82 Å². The normalized spacial score (nSPS) is 16.9. The van der Waals surface area contributed by atoms with E-state index >= 15 is 4.39 Å². The van der Waals surface area contributed by atoms with Crippen molar-refractivity contribution < 1.29 is 28.8 Å². The van der Waals surface area contributed by atoms with E-state index in [1.165, 1.54) is 6.07 Å². The summed E-state index contributed by atoms with van der Waals surface area (Å²) in [5.74, 6) is -0.204. The van der Waals surface area contributed by atoms with Crippen LogP contribution >= 0.6 is 28.5 Å². The Bertz CT molecular complexity index is 1100. The van der Waals surface area contributed by atoms with Gasteiger partial charge in [-0.1, -0.05) is 11.8 Å². The molecule has 0 spiro atoms. The third kappa shape index (κ3) is 5.79. The number of hydrogen-bond donors (Lipinski definition) is 5. The average Bonchev–Trinajstić information content (AvgIpc) is 3.64. The van der Waals surface area contributed by atoms with Gasteiger partial charge in [-0.3, -0.25) is 9.59 Å². The lowest BCUT2D eigenvalue weighted by Crippen LogP contribution is -2.43. The first-order valence-electron chi connectivity index (χ1n) is 11.1. The Morgan fingerprint density at radius 3 is 2.47 bits per heavy atom. The molecule has 1 aromatic carbocycles. The summed E-state index contributed by atoms with van der Waals surface area (Å²) in [5, 5.41) is 1.98. The van der Waals surface area contributed by atoms with Gasteiger partial charge >= 0.3 is 0 Å². The molecule has 0 radical (unpaired) electrons. The number of rotatable bonds is 9. The smallest absolute Gasteiger partial charge is 0.224 e. The van der Waals surface area contributed by atoms with Crippen molar-refractivity contribution in [3.8, 4) is 0 Å². The minimum atomic E-state index is -2.48. The molecule has 186 valence electrons. The van der Waals surface area contributed by atoms with Crippen LogP contribution in [0.1, 0.15) is 42.1 Å². The van der Waals surface area contributed by atoms with Crippen LogP contribution in [0.4, 0.5) is 10.1 Å². The van der Waals surface area contributed by atoms with Crippen LogP contribution in [0.25, 0.3) is 10.9 Å². The zero-order chi connectivity index (χ0) is 24.4. The van der Waals surface area contributed by atoms with Gasteiger partial charge in [0, 0.05) is 49.6 Å². The Morgan fingerprint density at radius 2 is 1.85 bits per heavy atom. The highest BCUT2D eigenvalue weighted by molar-refractivity contribution is 8.14. The predicted octanol–water partition coefficient (Wildman–Crippen LogP) is 2.46. The van der Waals surface area contributed by atoms with Crippen LogP contribution < -0.4 is 15.6 Å². The van der Waals surface area contributed by atoms with Crippen LogP contribution in [0.15, 0.2) is 23.1 Å². The summed E-state index contributed by atoms with van der Waals surface area (Å²) in [6.45, 7) is 2.87. The van der Waals surface area contributed by atoms with Crippen LogP contribution in [-0.2, 0) is 0 Å². The molecule has 0 amide bonds. The largest absolute Gasteiger partial charge is 0.367 e. The zero-order valence-corrected chi connectivity index (χ0v) is 21.0. The molecule has 2 aliphatic rings. The fraction of sp³-hybridized carbons (Fsp3) is 0.524. The van der Waals surface area contributed by atoms with Crippen molar-refractivity contribution >= 4 is 50.2 Å². The fourth-order valence-electron chi connectivity index (χ4n) is 4.14. The number of carbonyl (C=O) groups is 1. The minimum Gasteiger partial charge on any atom is -0.367 e. The molecule has 1 aromatic heterocycles. The van der Waals surface area contributed by atoms with Crippen LogP contribution in [0, 0.1) is 5.82 Å². The van der Waals surface area contributed by atoms with Gasteiger partial charge in [-0.2, -0.15) is 0 Å². The topological polar surface area (TPSA) is 135 Å². The van der Waals surface area contributed by atoms with Gasteiger partial charge in [0.25, 0.3) is 0 Å². The van der Waals surface area contributed by atoms with Crippen molar-refractivity contribution in [1.82, 2.24) is 9.88 Å². The standard InChI is InChI=1S/C21H28FN3O6P2S/c22-16-10-14-17(11-18(16)24-7-5-23-6-8-24)25(13-3-4-13)12-15(20(14)26)21(27)34-9-1-2-19(32(28)29)33(30)31/h10-13,19,23,28-31H,1-9H2. The summed E-state index contributed by atoms with van der Waals surface area (Å²) in [6, 6.07) is 3.14. The van der Waals surface area contributed by atoms with E-state index in [-0.39, 0.29) is 29.2 Å². The Kier molecular flexibility index (Phi) is 8.59. The number of benzene rings is 1. The maximum absolute atomic E-state index is 15.0. The molecule has 1 saturated carbocycles. The van der Waals surface area contributed by atoms with E-state index in [0.29, 0.717) is 30.7 Å². The SMILES string of the molecule is O=C(SCCCC(P(O)O)P(O)O)c1cn(C2CC2)c2cc(N3CCNCC3)c(F)cc2c1=O. The van der Waals surface area contributed by atoms with Gasteiger partial charge in [0.15, 0.2) is 16.8 Å².